The highest BCUT2D eigenvalue weighted by molar-refractivity contribution is 7.89. The fraction of sp³-hybridized carbons (Fsp3) is 0.533. The summed E-state index contributed by atoms with van der Waals surface area (Å²) in [6.07, 6.45) is 6.52. The maximum atomic E-state index is 12.4. The fourth-order valence-electron chi connectivity index (χ4n) is 2.65. The minimum Gasteiger partial charge on any atom is -0.349 e. The Bertz CT molecular complexity index is 638. The molecule has 2 N–H and O–H groups in total. The van der Waals surface area contributed by atoms with E-state index in [0.717, 1.165) is 25.7 Å². The lowest BCUT2D eigenvalue weighted by molar-refractivity contribution is 0.0933. The molecule has 2 rings (SSSR count). The van der Waals surface area contributed by atoms with Crippen LogP contribution in [0.5, 0.6) is 0 Å². The minimum atomic E-state index is -3.60. The predicted octanol–water partition coefficient (Wildman–Crippen LogP) is 2.70. The van der Waals surface area contributed by atoms with Crippen LogP contribution in [-0.2, 0) is 10.0 Å². The van der Waals surface area contributed by atoms with E-state index in [2.05, 4.69) is 10.0 Å². The Balaban J connectivity index is 2.19. The Hall–Kier alpha value is -1.11. The van der Waals surface area contributed by atoms with Crippen LogP contribution in [0, 0.1) is 0 Å². The van der Waals surface area contributed by atoms with Crippen molar-refractivity contribution >= 4 is 27.5 Å². The van der Waals surface area contributed by atoms with Gasteiger partial charge in [0.05, 0.1) is 15.5 Å². The second-order valence-corrected chi connectivity index (χ2v) is 7.80. The molecule has 5 nitrogen and oxygen atoms in total. The van der Waals surface area contributed by atoms with Gasteiger partial charge in [-0.05, 0) is 38.1 Å². The van der Waals surface area contributed by atoms with Crippen molar-refractivity contribution in [1.29, 1.82) is 0 Å². The van der Waals surface area contributed by atoms with Crippen LogP contribution in [0.1, 0.15) is 48.9 Å². The van der Waals surface area contributed by atoms with Crippen molar-refractivity contribution in [3.8, 4) is 0 Å². The summed E-state index contributed by atoms with van der Waals surface area (Å²) in [5, 5.41) is 3.23. The van der Waals surface area contributed by atoms with Crippen LogP contribution in [0.3, 0.4) is 0 Å². The highest BCUT2D eigenvalue weighted by Crippen LogP contribution is 2.22. The summed E-state index contributed by atoms with van der Waals surface area (Å²) >= 11 is 6.06. The van der Waals surface area contributed by atoms with Gasteiger partial charge in [-0.1, -0.05) is 37.3 Å². The van der Waals surface area contributed by atoms with E-state index in [9.17, 15) is 13.2 Å². The highest BCUT2D eigenvalue weighted by atomic mass is 35.5. The van der Waals surface area contributed by atoms with Gasteiger partial charge < -0.3 is 5.32 Å². The molecule has 0 radical (unpaired) electrons. The smallest absolute Gasteiger partial charge is 0.253 e. The van der Waals surface area contributed by atoms with E-state index in [-0.39, 0.29) is 27.4 Å². The molecule has 1 fully saturated rings. The summed E-state index contributed by atoms with van der Waals surface area (Å²) in [6.45, 7) is 0. The van der Waals surface area contributed by atoms with Gasteiger partial charge in [0.2, 0.25) is 10.0 Å². The van der Waals surface area contributed by atoms with Gasteiger partial charge in [-0.15, -0.1) is 0 Å². The molecule has 7 heteroatoms. The topological polar surface area (TPSA) is 75.3 Å². The number of halogens is 1. The van der Waals surface area contributed by atoms with E-state index in [1.165, 1.54) is 38.1 Å². The van der Waals surface area contributed by atoms with Crippen molar-refractivity contribution in [2.24, 2.45) is 0 Å². The van der Waals surface area contributed by atoms with Crippen molar-refractivity contribution in [3.05, 3.63) is 28.8 Å². The third kappa shape index (κ3) is 4.21. The summed E-state index contributed by atoms with van der Waals surface area (Å²) in [5.74, 6) is -0.315. The van der Waals surface area contributed by atoms with E-state index < -0.39 is 10.0 Å². The van der Waals surface area contributed by atoms with Crippen LogP contribution in [0.15, 0.2) is 23.1 Å². The van der Waals surface area contributed by atoms with Gasteiger partial charge in [0.25, 0.3) is 5.91 Å². The molecule has 0 saturated heterocycles. The molecule has 0 atom stereocenters. The third-order valence-corrected chi connectivity index (χ3v) is 5.69. The van der Waals surface area contributed by atoms with E-state index in [4.69, 9.17) is 11.6 Å². The monoisotopic (exact) mass is 344 g/mol. The predicted molar refractivity (Wildman–Crippen MR) is 86.7 cm³/mol. The van der Waals surface area contributed by atoms with Crippen molar-refractivity contribution in [2.45, 2.75) is 49.5 Å². The number of hydrogen-bond acceptors (Lipinski definition) is 3. The van der Waals surface area contributed by atoms with Crippen molar-refractivity contribution < 1.29 is 13.2 Å². The molecule has 0 spiro atoms. The van der Waals surface area contributed by atoms with E-state index >= 15 is 0 Å². The molecule has 1 aromatic rings. The molecular formula is C15H21ClN2O3S. The van der Waals surface area contributed by atoms with Gasteiger partial charge >= 0.3 is 0 Å². The summed E-state index contributed by atoms with van der Waals surface area (Å²) in [6, 6.07) is 4.28. The molecule has 122 valence electrons. The number of carbonyl (C=O) groups excluding carboxylic acids is 1. The fourth-order valence-corrected chi connectivity index (χ4v) is 3.61. The zero-order valence-corrected chi connectivity index (χ0v) is 14.1. The number of benzene rings is 1. The summed E-state index contributed by atoms with van der Waals surface area (Å²) in [5.41, 5.74) is 0.197. The number of rotatable bonds is 4. The van der Waals surface area contributed by atoms with Gasteiger partial charge in [-0.2, -0.15) is 0 Å². The number of amides is 1. The minimum absolute atomic E-state index is 0.0328. The first-order chi connectivity index (χ1) is 10.4. The summed E-state index contributed by atoms with van der Waals surface area (Å²) in [4.78, 5) is 12.4. The molecule has 1 saturated carbocycles. The molecule has 1 aliphatic rings. The molecule has 1 aromatic carbocycles. The van der Waals surface area contributed by atoms with Crippen molar-refractivity contribution in [2.75, 3.05) is 7.05 Å². The van der Waals surface area contributed by atoms with Gasteiger partial charge in [-0.3, -0.25) is 4.79 Å². The molecule has 22 heavy (non-hydrogen) atoms. The third-order valence-electron chi connectivity index (χ3n) is 3.95. The molecule has 0 heterocycles. The zero-order chi connectivity index (χ0) is 16.2. The van der Waals surface area contributed by atoms with Crippen LogP contribution < -0.4 is 10.0 Å². The largest absolute Gasteiger partial charge is 0.349 e. The molecule has 1 amide bonds. The normalized spacial score (nSPS) is 17.0. The van der Waals surface area contributed by atoms with Crippen LogP contribution in [0.25, 0.3) is 0 Å². The standard InChI is InChI=1S/C15H21ClN2O3S/c1-17-22(20,21)12-8-9-14(16)13(10-12)15(19)18-11-6-4-2-3-5-7-11/h8-11,17H,2-7H2,1H3,(H,18,19). The Kier molecular flexibility index (Phi) is 5.83. The highest BCUT2D eigenvalue weighted by Gasteiger charge is 2.20. The van der Waals surface area contributed by atoms with Gasteiger partial charge in [0.1, 0.15) is 0 Å². The Morgan fingerprint density at radius 2 is 1.82 bits per heavy atom. The zero-order valence-electron chi connectivity index (χ0n) is 12.6. The maximum Gasteiger partial charge on any atom is 0.253 e. The summed E-state index contributed by atoms with van der Waals surface area (Å²) in [7, 11) is -2.27. The molecule has 1 aliphatic carbocycles. The lowest BCUT2D eigenvalue weighted by Gasteiger charge is -2.17. The lowest BCUT2D eigenvalue weighted by atomic mass is 10.1. The Labute approximate surface area is 136 Å². The van der Waals surface area contributed by atoms with Gasteiger partial charge in [-0.25, -0.2) is 13.1 Å². The van der Waals surface area contributed by atoms with Crippen LogP contribution in [0.2, 0.25) is 5.02 Å². The van der Waals surface area contributed by atoms with E-state index in [1.54, 1.807) is 0 Å². The molecule has 0 aliphatic heterocycles. The van der Waals surface area contributed by atoms with E-state index in [0.29, 0.717) is 0 Å². The van der Waals surface area contributed by atoms with Crippen LogP contribution >= 0.6 is 11.6 Å². The molecule has 0 aromatic heterocycles. The van der Waals surface area contributed by atoms with Crippen LogP contribution in [0.4, 0.5) is 0 Å². The number of carbonyl (C=O) groups is 1. The first-order valence-electron chi connectivity index (χ1n) is 7.48. The SMILES string of the molecule is CNS(=O)(=O)c1ccc(Cl)c(C(=O)NC2CCCCCC2)c1. The molecular weight excluding hydrogens is 324 g/mol. The van der Waals surface area contributed by atoms with E-state index in [1.807, 2.05) is 0 Å². The van der Waals surface area contributed by atoms with Crippen molar-refractivity contribution in [1.82, 2.24) is 10.0 Å². The molecule has 0 unspecified atom stereocenters. The number of nitrogens with one attached hydrogen (secondary N) is 2. The van der Waals surface area contributed by atoms with Crippen molar-refractivity contribution in [3.63, 3.8) is 0 Å². The number of hydrogen-bond donors (Lipinski definition) is 2. The quantitative estimate of drug-likeness (QED) is 0.824. The van der Waals surface area contributed by atoms with Crippen LogP contribution in [-0.4, -0.2) is 27.4 Å². The maximum absolute atomic E-state index is 12.4. The second kappa shape index (κ2) is 7.44. The summed E-state index contributed by atoms with van der Waals surface area (Å²) < 4.78 is 25.9. The number of sulfonamides is 1. The average Bonchev–Trinajstić information content (AvgIpc) is 2.76. The lowest BCUT2D eigenvalue weighted by Crippen LogP contribution is -2.34. The Morgan fingerprint density at radius 1 is 1.18 bits per heavy atom. The van der Waals surface area contributed by atoms with Gasteiger partial charge in [0, 0.05) is 6.04 Å². The van der Waals surface area contributed by atoms with Gasteiger partial charge in [0.15, 0.2) is 0 Å². The first-order valence-corrected chi connectivity index (χ1v) is 9.34. The average molecular weight is 345 g/mol. The first kappa shape index (κ1) is 17.2. The Morgan fingerprint density at radius 3 is 2.41 bits per heavy atom. The molecule has 0 bridgehead atoms. The second-order valence-electron chi connectivity index (χ2n) is 5.51.